The van der Waals surface area contributed by atoms with Crippen LogP contribution in [0, 0.1) is 0 Å². The summed E-state index contributed by atoms with van der Waals surface area (Å²) >= 11 is 0. The average Bonchev–Trinajstić information content (AvgIpc) is 2.30. The molecule has 1 aromatic rings. The number of rotatable bonds is 4. The summed E-state index contributed by atoms with van der Waals surface area (Å²) in [6, 6.07) is 5.52. The van der Waals surface area contributed by atoms with Gasteiger partial charge in [0.05, 0.1) is 13.3 Å². The van der Waals surface area contributed by atoms with E-state index in [0.717, 1.165) is 29.7 Å². The maximum Gasteiger partial charge on any atom is 0.163 e. The number of ether oxygens (including phenoxy) is 1. The minimum absolute atomic E-state index is 0.219. The first-order valence-electron chi connectivity index (χ1n) is 5.66. The fraction of sp³-hybridized carbons (Fsp3) is 0.462. The summed E-state index contributed by atoms with van der Waals surface area (Å²) in [5.74, 6) is 0.957. The maximum absolute atomic E-state index is 11.9. The molecule has 0 N–H and O–H groups in total. The summed E-state index contributed by atoms with van der Waals surface area (Å²) in [4.78, 5) is 11.6. The Balaban J connectivity index is 2.09. The number of carbonyl (C=O) groups is 1. The number of carbonyl (C=O) groups excluding carboxylic acids is 1. The Morgan fingerprint density at radius 3 is 3.00 bits per heavy atom. The van der Waals surface area contributed by atoms with Crippen molar-refractivity contribution in [2.75, 3.05) is 13.3 Å². The van der Waals surface area contributed by atoms with Gasteiger partial charge < -0.3 is 4.74 Å². The molecule has 2 rings (SSSR count). The van der Waals surface area contributed by atoms with E-state index in [-0.39, 0.29) is 12.5 Å². The van der Waals surface area contributed by atoms with Crippen molar-refractivity contribution in [2.24, 2.45) is 0 Å². The highest BCUT2D eigenvalue weighted by molar-refractivity contribution is 5.98. The molecule has 0 spiro atoms. The molecule has 0 heterocycles. The van der Waals surface area contributed by atoms with Crippen molar-refractivity contribution in [3.8, 4) is 5.75 Å². The first-order valence-corrected chi connectivity index (χ1v) is 5.66. The fourth-order valence-corrected chi connectivity index (χ4v) is 1.96. The van der Waals surface area contributed by atoms with E-state index in [0.29, 0.717) is 19.4 Å². The second-order valence-electron chi connectivity index (χ2n) is 3.99. The largest absolute Gasteiger partial charge is 0.493 e. The third-order valence-corrected chi connectivity index (χ3v) is 2.77. The van der Waals surface area contributed by atoms with Gasteiger partial charge in [-0.1, -0.05) is 0 Å². The summed E-state index contributed by atoms with van der Waals surface area (Å²) in [5, 5.41) is 0. The SMILES string of the molecule is O=C1CCCc2cc(OCCCF)ccc21. The molecule has 0 saturated carbocycles. The Hall–Kier alpha value is -1.38. The van der Waals surface area contributed by atoms with Crippen LogP contribution in [0.1, 0.15) is 35.2 Å². The fourth-order valence-electron chi connectivity index (χ4n) is 1.96. The molecule has 1 aromatic carbocycles. The van der Waals surface area contributed by atoms with Crippen molar-refractivity contribution in [2.45, 2.75) is 25.7 Å². The lowest BCUT2D eigenvalue weighted by molar-refractivity contribution is 0.0972. The van der Waals surface area contributed by atoms with Crippen molar-refractivity contribution in [3.05, 3.63) is 29.3 Å². The second-order valence-corrected chi connectivity index (χ2v) is 3.99. The van der Waals surface area contributed by atoms with Crippen molar-refractivity contribution < 1.29 is 13.9 Å². The second kappa shape index (κ2) is 5.10. The van der Waals surface area contributed by atoms with Gasteiger partial charge in [0.15, 0.2) is 5.78 Å². The Labute approximate surface area is 94.4 Å². The number of aryl methyl sites for hydroxylation is 1. The van der Waals surface area contributed by atoms with Gasteiger partial charge in [-0.25, -0.2) is 0 Å². The molecule has 1 aliphatic rings. The molecule has 0 aromatic heterocycles. The highest BCUT2D eigenvalue weighted by Crippen LogP contribution is 2.25. The minimum Gasteiger partial charge on any atom is -0.493 e. The average molecular weight is 222 g/mol. The molecule has 0 bridgehead atoms. The lowest BCUT2D eigenvalue weighted by atomic mass is 9.91. The molecule has 86 valence electrons. The van der Waals surface area contributed by atoms with E-state index in [4.69, 9.17) is 4.74 Å². The third-order valence-electron chi connectivity index (χ3n) is 2.77. The van der Waals surface area contributed by atoms with Crippen molar-refractivity contribution in [3.63, 3.8) is 0 Å². The number of ketones is 1. The molecule has 0 aliphatic heterocycles. The zero-order chi connectivity index (χ0) is 11.4. The zero-order valence-corrected chi connectivity index (χ0v) is 9.17. The quantitative estimate of drug-likeness (QED) is 0.732. The van der Waals surface area contributed by atoms with E-state index in [1.54, 1.807) is 6.07 Å². The van der Waals surface area contributed by atoms with Crippen LogP contribution < -0.4 is 4.74 Å². The molecule has 0 amide bonds. The van der Waals surface area contributed by atoms with Gasteiger partial charge in [-0.3, -0.25) is 9.18 Å². The first-order chi connectivity index (χ1) is 7.81. The van der Waals surface area contributed by atoms with Crippen LogP contribution in [-0.4, -0.2) is 19.1 Å². The lowest BCUT2D eigenvalue weighted by Gasteiger charge is -2.15. The zero-order valence-electron chi connectivity index (χ0n) is 9.17. The third kappa shape index (κ3) is 2.40. The van der Waals surface area contributed by atoms with E-state index in [1.165, 1.54) is 0 Å². The molecule has 0 atom stereocenters. The van der Waals surface area contributed by atoms with Crippen LogP contribution in [0.15, 0.2) is 18.2 Å². The standard InChI is InChI=1S/C13H15FO2/c14-7-2-8-16-11-5-6-12-10(9-11)3-1-4-13(12)15/h5-6,9H,1-4,7-8H2. The molecule has 0 unspecified atom stereocenters. The van der Waals surface area contributed by atoms with E-state index in [2.05, 4.69) is 0 Å². The van der Waals surface area contributed by atoms with Gasteiger partial charge in [-0.15, -0.1) is 0 Å². The summed E-state index contributed by atoms with van der Waals surface area (Å²) in [6.45, 7) is 0.0344. The number of hydrogen-bond acceptors (Lipinski definition) is 2. The number of hydrogen-bond donors (Lipinski definition) is 0. The molecule has 0 radical (unpaired) electrons. The van der Waals surface area contributed by atoms with E-state index in [9.17, 15) is 9.18 Å². The summed E-state index contributed by atoms with van der Waals surface area (Å²) in [6.07, 6.45) is 2.91. The smallest absolute Gasteiger partial charge is 0.163 e. The van der Waals surface area contributed by atoms with Gasteiger partial charge in [-0.05, 0) is 36.6 Å². The molecule has 3 heteroatoms. The lowest BCUT2D eigenvalue weighted by Crippen LogP contribution is -2.10. The predicted octanol–water partition coefficient (Wildman–Crippen LogP) is 2.94. The highest BCUT2D eigenvalue weighted by atomic mass is 19.1. The van der Waals surface area contributed by atoms with Crippen LogP contribution in [0.3, 0.4) is 0 Å². The van der Waals surface area contributed by atoms with Crippen LogP contribution in [-0.2, 0) is 6.42 Å². The van der Waals surface area contributed by atoms with E-state index < -0.39 is 0 Å². The molecular formula is C13H15FO2. The first kappa shape index (κ1) is 11.1. The normalized spacial score (nSPS) is 14.7. The van der Waals surface area contributed by atoms with Crippen LogP contribution >= 0.6 is 0 Å². The Morgan fingerprint density at radius 1 is 1.31 bits per heavy atom. The van der Waals surface area contributed by atoms with Gasteiger partial charge in [0.25, 0.3) is 0 Å². The monoisotopic (exact) mass is 222 g/mol. The molecule has 1 aliphatic carbocycles. The van der Waals surface area contributed by atoms with Gasteiger partial charge in [0, 0.05) is 18.4 Å². The van der Waals surface area contributed by atoms with Crippen LogP contribution in [0.5, 0.6) is 5.75 Å². The molecule has 2 nitrogen and oxygen atoms in total. The maximum atomic E-state index is 11.9. The molecule has 0 saturated heterocycles. The van der Waals surface area contributed by atoms with Gasteiger partial charge >= 0.3 is 0 Å². The van der Waals surface area contributed by atoms with Crippen LogP contribution in [0.2, 0.25) is 0 Å². The van der Waals surface area contributed by atoms with Crippen molar-refractivity contribution in [1.82, 2.24) is 0 Å². The Morgan fingerprint density at radius 2 is 2.19 bits per heavy atom. The van der Waals surface area contributed by atoms with E-state index in [1.807, 2.05) is 12.1 Å². The summed E-state index contributed by atoms with van der Waals surface area (Å²) in [7, 11) is 0. The van der Waals surface area contributed by atoms with Crippen molar-refractivity contribution in [1.29, 1.82) is 0 Å². The topological polar surface area (TPSA) is 26.3 Å². The summed E-state index contributed by atoms with van der Waals surface area (Å²) in [5.41, 5.74) is 1.89. The van der Waals surface area contributed by atoms with E-state index >= 15 is 0 Å². The highest BCUT2D eigenvalue weighted by Gasteiger charge is 2.17. The molecule has 16 heavy (non-hydrogen) atoms. The van der Waals surface area contributed by atoms with Crippen LogP contribution in [0.4, 0.5) is 4.39 Å². The number of benzene rings is 1. The Kier molecular flexibility index (Phi) is 3.54. The number of halogens is 1. The Bertz CT molecular complexity index is 388. The summed E-state index contributed by atoms with van der Waals surface area (Å²) < 4.78 is 17.3. The molecule has 0 fully saturated rings. The van der Waals surface area contributed by atoms with Gasteiger partial charge in [-0.2, -0.15) is 0 Å². The predicted molar refractivity (Wildman–Crippen MR) is 59.8 cm³/mol. The van der Waals surface area contributed by atoms with Gasteiger partial charge in [0.2, 0.25) is 0 Å². The number of Topliss-reactive ketones (excluding diaryl/α,β-unsaturated/α-hetero) is 1. The van der Waals surface area contributed by atoms with Crippen LogP contribution in [0.25, 0.3) is 0 Å². The van der Waals surface area contributed by atoms with Crippen molar-refractivity contribution >= 4 is 5.78 Å². The number of alkyl halides is 1. The molecular weight excluding hydrogens is 207 g/mol. The number of fused-ring (bicyclic) bond motifs is 1. The van der Waals surface area contributed by atoms with Gasteiger partial charge in [0.1, 0.15) is 5.75 Å². The minimum atomic E-state index is -0.358.